The number of sulfone groups is 1. The maximum Gasteiger partial charge on any atom is 0.219 e. The van der Waals surface area contributed by atoms with Crippen LogP contribution in [0.2, 0.25) is 0 Å². The van der Waals surface area contributed by atoms with Crippen LogP contribution in [0.25, 0.3) is 0 Å². The highest BCUT2D eigenvalue weighted by Crippen LogP contribution is 2.21. The van der Waals surface area contributed by atoms with Gasteiger partial charge in [0.25, 0.3) is 0 Å². The van der Waals surface area contributed by atoms with E-state index in [-0.39, 0.29) is 9.88 Å². The average Bonchev–Trinajstić information content (AvgIpc) is 2.38. The van der Waals surface area contributed by atoms with E-state index in [2.05, 4.69) is 4.98 Å². The molecule has 0 fully saturated rings. The van der Waals surface area contributed by atoms with Crippen molar-refractivity contribution in [1.82, 2.24) is 4.98 Å². The Kier molecular flexibility index (Phi) is 4.01. The largest absolute Gasteiger partial charge is 0.439 e. The zero-order valence-electron chi connectivity index (χ0n) is 10.6. The Morgan fingerprint density at radius 1 is 1.20 bits per heavy atom. The normalized spacial score (nSPS) is 11.1. The van der Waals surface area contributed by atoms with Crippen LogP contribution < -0.4 is 10.5 Å². The number of thiocarbonyl (C=S) groups is 1. The van der Waals surface area contributed by atoms with E-state index in [9.17, 15) is 8.42 Å². The van der Waals surface area contributed by atoms with Gasteiger partial charge in [-0.15, -0.1) is 0 Å². The molecule has 5 nitrogen and oxygen atoms in total. The summed E-state index contributed by atoms with van der Waals surface area (Å²) in [5, 5.41) is 0. The van der Waals surface area contributed by atoms with Crippen molar-refractivity contribution >= 4 is 27.0 Å². The summed E-state index contributed by atoms with van der Waals surface area (Å²) in [6.07, 6.45) is 1.15. The van der Waals surface area contributed by atoms with E-state index in [1.54, 1.807) is 30.3 Å². The zero-order chi connectivity index (χ0) is 14.8. The highest BCUT2D eigenvalue weighted by Gasteiger charge is 2.07. The number of pyridine rings is 1. The third kappa shape index (κ3) is 3.52. The molecule has 0 aliphatic carbocycles. The van der Waals surface area contributed by atoms with Gasteiger partial charge in [-0.05, 0) is 30.3 Å². The van der Waals surface area contributed by atoms with Gasteiger partial charge >= 0.3 is 0 Å². The predicted octanol–water partition coefficient (Wildman–Crippen LogP) is 1.91. The van der Waals surface area contributed by atoms with Crippen molar-refractivity contribution in [2.75, 3.05) is 6.26 Å². The van der Waals surface area contributed by atoms with Crippen LogP contribution in [0.4, 0.5) is 0 Å². The van der Waals surface area contributed by atoms with Crippen molar-refractivity contribution < 1.29 is 13.2 Å². The van der Waals surface area contributed by atoms with E-state index >= 15 is 0 Å². The van der Waals surface area contributed by atoms with Crippen molar-refractivity contribution in [2.45, 2.75) is 4.90 Å². The molecule has 0 aliphatic rings. The highest BCUT2D eigenvalue weighted by atomic mass is 32.2. The summed E-state index contributed by atoms with van der Waals surface area (Å²) in [6, 6.07) is 11.1. The van der Waals surface area contributed by atoms with Crippen LogP contribution in [-0.2, 0) is 9.84 Å². The lowest BCUT2D eigenvalue weighted by Gasteiger charge is -2.06. The lowest BCUT2D eigenvalue weighted by molar-refractivity contribution is 0.462. The van der Waals surface area contributed by atoms with Gasteiger partial charge in [-0.3, -0.25) is 0 Å². The molecule has 0 saturated carbocycles. The van der Waals surface area contributed by atoms with Gasteiger partial charge in [-0.1, -0.05) is 18.3 Å². The molecule has 20 heavy (non-hydrogen) atoms. The predicted molar refractivity (Wildman–Crippen MR) is 79.8 cm³/mol. The Hall–Kier alpha value is -1.99. The molecular formula is C13H12N2O3S2. The highest BCUT2D eigenvalue weighted by molar-refractivity contribution is 7.90. The number of nitrogens with zero attached hydrogens (tertiary/aromatic N) is 1. The first-order chi connectivity index (χ1) is 9.36. The topological polar surface area (TPSA) is 82.3 Å². The van der Waals surface area contributed by atoms with E-state index < -0.39 is 9.84 Å². The molecule has 1 aromatic heterocycles. The Morgan fingerprint density at radius 3 is 2.40 bits per heavy atom. The van der Waals surface area contributed by atoms with Crippen LogP contribution in [0.3, 0.4) is 0 Å². The molecule has 0 bridgehead atoms. The van der Waals surface area contributed by atoms with Gasteiger partial charge in [0.2, 0.25) is 5.88 Å². The summed E-state index contributed by atoms with van der Waals surface area (Å²) in [6.45, 7) is 0. The fraction of sp³-hybridized carbons (Fsp3) is 0.0769. The van der Waals surface area contributed by atoms with Crippen LogP contribution in [0, 0.1) is 0 Å². The van der Waals surface area contributed by atoms with Crippen LogP contribution in [-0.4, -0.2) is 24.6 Å². The monoisotopic (exact) mass is 308 g/mol. The maximum atomic E-state index is 11.3. The Balaban J connectivity index is 2.22. The van der Waals surface area contributed by atoms with Gasteiger partial charge in [-0.2, -0.15) is 0 Å². The van der Waals surface area contributed by atoms with Gasteiger partial charge in [0, 0.05) is 12.3 Å². The molecule has 2 aromatic rings. The number of ether oxygens (including phenoxy) is 1. The minimum Gasteiger partial charge on any atom is -0.439 e. The van der Waals surface area contributed by atoms with Gasteiger partial charge < -0.3 is 10.5 Å². The van der Waals surface area contributed by atoms with E-state index in [0.717, 1.165) is 6.26 Å². The summed E-state index contributed by atoms with van der Waals surface area (Å²) < 4.78 is 28.2. The lowest BCUT2D eigenvalue weighted by Crippen LogP contribution is -2.11. The molecule has 0 atom stereocenters. The van der Waals surface area contributed by atoms with Gasteiger partial charge in [-0.25, -0.2) is 13.4 Å². The third-order valence-corrected chi connectivity index (χ3v) is 3.79. The average molecular weight is 308 g/mol. The number of benzene rings is 1. The Bertz CT molecular complexity index is 740. The van der Waals surface area contributed by atoms with Crippen LogP contribution in [0.15, 0.2) is 47.4 Å². The van der Waals surface area contributed by atoms with Crippen molar-refractivity contribution in [3.05, 3.63) is 48.2 Å². The molecule has 1 aromatic carbocycles. The summed E-state index contributed by atoms with van der Waals surface area (Å²) in [4.78, 5) is 4.55. The second kappa shape index (κ2) is 5.56. The van der Waals surface area contributed by atoms with E-state index in [0.29, 0.717) is 17.3 Å². The summed E-state index contributed by atoms with van der Waals surface area (Å²) in [5.41, 5.74) is 5.95. The fourth-order valence-corrected chi connectivity index (χ4v) is 2.23. The van der Waals surface area contributed by atoms with E-state index in [1.807, 2.05) is 0 Å². The van der Waals surface area contributed by atoms with E-state index in [4.69, 9.17) is 22.7 Å². The summed E-state index contributed by atoms with van der Waals surface area (Å²) in [5.74, 6) is 0.812. The van der Waals surface area contributed by atoms with Crippen molar-refractivity contribution in [3.63, 3.8) is 0 Å². The molecule has 0 spiro atoms. The second-order valence-corrected chi connectivity index (χ2v) is 6.53. The first-order valence-corrected chi connectivity index (χ1v) is 7.91. The SMILES string of the molecule is CS(=O)(=O)c1ccc(Oc2cccc(C(N)=S)n2)cc1. The lowest BCUT2D eigenvalue weighted by atomic mass is 10.3. The number of hydrogen-bond acceptors (Lipinski definition) is 5. The molecule has 104 valence electrons. The number of nitrogens with two attached hydrogens (primary N) is 1. The first-order valence-electron chi connectivity index (χ1n) is 5.61. The molecule has 0 saturated heterocycles. The quantitative estimate of drug-likeness (QED) is 0.869. The molecule has 2 rings (SSSR count). The summed E-state index contributed by atoms with van der Waals surface area (Å²) >= 11 is 4.84. The number of aromatic nitrogens is 1. The van der Waals surface area contributed by atoms with E-state index in [1.165, 1.54) is 12.1 Å². The van der Waals surface area contributed by atoms with Crippen molar-refractivity contribution in [2.24, 2.45) is 5.73 Å². The zero-order valence-corrected chi connectivity index (χ0v) is 12.2. The molecule has 0 radical (unpaired) electrons. The smallest absolute Gasteiger partial charge is 0.219 e. The van der Waals surface area contributed by atoms with Gasteiger partial charge in [0.1, 0.15) is 16.4 Å². The fourth-order valence-electron chi connectivity index (χ4n) is 1.48. The van der Waals surface area contributed by atoms with Crippen molar-refractivity contribution in [1.29, 1.82) is 0 Å². The molecule has 0 amide bonds. The molecule has 0 unspecified atom stereocenters. The van der Waals surface area contributed by atoms with Crippen LogP contribution in [0.5, 0.6) is 11.6 Å². The molecule has 7 heteroatoms. The van der Waals surface area contributed by atoms with Gasteiger partial charge in [0.05, 0.1) is 4.90 Å². The van der Waals surface area contributed by atoms with Crippen LogP contribution >= 0.6 is 12.2 Å². The van der Waals surface area contributed by atoms with Crippen LogP contribution in [0.1, 0.15) is 5.69 Å². The third-order valence-electron chi connectivity index (χ3n) is 2.45. The molecule has 0 aliphatic heterocycles. The summed E-state index contributed by atoms with van der Waals surface area (Å²) in [7, 11) is -3.22. The molecular weight excluding hydrogens is 296 g/mol. The standard InChI is InChI=1S/C13H12N2O3S2/c1-20(16,17)10-7-5-9(6-8-10)18-12-4-2-3-11(15-12)13(14)19/h2-8H,1H3,(H2,14,19). The van der Waals surface area contributed by atoms with Crippen molar-refractivity contribution in [3.8, 4) is 11.6 Å². The second-order valence-electron chi connectivity index (χ2n) is 4.07. The minimum atomic E-state index is -3.22. The van der Waals surface area contributed by atoms with Gasteiger partial charge in [0.15, 0.2) is 9.84 Å². The molecule has 2 N–H and O–H groups in total. The maximum absolute atomic E-state index is 11.3. The Labute approximate surface area is 122 Å². The molecule has 1 heterocycles. The first kappa shape index (κ1) is 14.4. The number of rotatable bonds is 4. The number of hydrogen-bond donors (Lipinski definition) is 1. The minimum absolute atomic E-state index is 0.183. The Morgan fingerprint density at radius 2 is 1.85 bits per heavy atom.